The van der Waals surface area contributed by atoms with Gasteiger partial charge in [0.1, 0.15) is 12.7 Å². The molecule has 10 heteroatoms. The molecule has 2 unspecified atom stereocenters. The van der Waals surface area contributed by atoms with Gasteiger partial charge >= 0.3 is 13.8 Å². The van der Waals surface area contributed by atoms with E-state index in [0.717, 1.165) is 57.8 Å². The van der Waals surface area contributed by atoms with Crippen LogP contribution in [-0.4, -0.2) is 54.3 Å². The molecular formula is C48H90NO8P. The topological polar surface area (TPSA) is 131 Å². The van der Waals surface area contributed by atoms with Crippen molar-refractivity contribution in [1.29, 1.82) is 0 Å². The lowest BCUT2D eigenvalue weighted by molar-refractivity contribution is -0.147. The van der Waals surface area contributed by atoms with Gasteiger partial charge in [-0.05, 0) is 70.6 Å². The van der Waals surface area contributed by atoms with Crippen LogP contribution in [-0.2, 0) is 27.9 Å². The molecule has 0 aliphatic heterocycles. The molecule has 0 radical (unpaired) electrons. The van der Waals surface area contributed by atoms with E-state index in [0.29, 0.717) is 6.42 Å². The van der Waals surface area contributed by atoms with Crippen molar-refractivity contribution in [1.82, 2.24) is 5.32 Å². The molecule has 0 aromatic heterocycles. The summed E-state index contributed by atoms with van der Waals surface area (Å²) in [6, 6.07) is 0. The Hall–Kier alpha value is -1.77. The van der Waals surface area contributed by atoms with Crippen molar-refractivity contribution in [2.75, 3.05) is 26.4 Å². The second kappa shape index (κ2) is 44.8. The smallest absolute Gasteiger partial charge is 0.463 e. The fourth-order valence-electron chi connectivity index (χ4n) is 6.64. The van der Waals surface area contributed by atoms with Gasteiger partial charge in [-0.15, -0.1) is 0 Å². The first kappa shape index (κ1) is 56.2. The molecule has 2 atom stereocenters. The van der Waals surface area contributed by atoms with Crippen molar-refractivity contribution < 1.29 is 37.9 Å². The second-order valence-electron chi connectivity index (χ2n) is 16.1. The summed E-state index contributed by atoms with van der Waals surface area (Å²) < 4.78 is 26.9. The lowest BCUT2D eigenvalue weighted by Gasteiger charge is -2.15. The van der Waals surface area contributed by atoms with Crippen LogP contribution in [0.15, 0.2) is 36.5 Å². The van der Waals surface area contributed by atoms with Crippen LogP contribution in [0.1, 0.15) is 226 Å². The molecule has 0 aromatic carbocycles. The van der Waals surface area contributed by atoms with Gasteiger partial charge in [0.25, 0.3) is 0 Å². The highest BCUT2D eigenvalue weighted by Gasteiger charge is 2.23. The zero-order chi connectivity index (χ0) is 42.5. The third-order valence-electron chi connectivity index (χ3n) is 10.3. The summed E-state index contributed by atoms with van der Waals surface area (Å²) in [7, 11) is -4.42. The Labute approximate surface area is 356 Å². The van der Waals surface area contributed by atoms with E-state index in [4.69, 9.17) is 13.8 Å². The standard InChI is InChI=1S/C48H90NO8P/c1-3-5-7-9-11-13-15-17-19-21-22-23-24-25-27-29-31-33-35-37-39-41-48(52)55-44-46(50)45-57-58(53,54)56-43-42-49-47(51)40-38-36-34-32-30-28-26-20-18-16-14-12-10-8-6-4-2/h11,13,17,19-20,26,46,50H,3-10,12,14-16,18,21-25,27-45H2,1-2H3,(H,49,51)(H,53,54)/b13-11-,19-17-,26-20-. The SMILES string of the molecule is CCCCC/C=C\C/C=C\CCCCCCCCCCCCCC(=O)OCC(O)COP(=O)(O)OCCNC(=O)CCCCCCC/C=C\CCCCCCCCC. The molecule has 9 nitrogen and oxygen atoms in total. The minimum atomic E-state index is -4.42. The minimum absolute atomic E-state index is 0.0780. The van der Waals surface area contributed by atoms with Crippen LogP contribution in [0, 0.1) is 0 Å². The van der Waals surface area contributed by atoms with E-state index >= 15 is 0 Å². The Kier molecular flexibility index (Phi) is 43.4. The summed E-state index contributed by atoms with van der Waals surface area (Å²) in [6.07, 6.45) is 50.7. The molecule has 0 saturated heterocycles. The first-order valence-electron chi connectivity index (χ1n) is 24.0. The third kappa shape index (κ3) is 45.3. The summed E-state index contributed by atoms with van der Waals surface area (Å²) >= 11 is 0. The maximum Gasteiger partial charge on any atom is 0.472 e. The van der Waals surface area contributed by atoms with Gasteiger partial charge < -0.3 is 20.1 Å². The largest absolute Gasteiger partial charge is 0.472 e. The van der Waals surface area contributed by atoms with Gasteiger partial charge in [-0.1, -0.05) is 179 Å². The van der Waals surface area contributed by atoms with Gasteiger partial charge in [0.15, 0.2) is 0 Å². The molecule has 1 amide bonds. The number of nitrogens with one attached hydrogen (secondary N) is 1. The van der Waals surface area contributed by atoms with Crippen molar-refractivity contribution in [3.8, 4) is 0 Å². The number of aliphatic hydroxyl groups is 1. The number of hydrogen-bond acceptors (Lipinski definition) is 7. The highest BCUT2D eigenvalue weighted by Crippen LogP contribution is 2.42. The van der Waals surface area contributed by atoms with Gasteiger partial charge in [0.05, 0.1) is 13.2 Å². The lowest BCUT2D eigenvalue weighted by atomic mass is 10.0. The van der Waals surface area contributed by atoms with Crippen LogP contribution in [0.4, 0.5) is 0 Å². The number of unbranched alkanes of at least 4 members (excludes halogenated alkanes) is 26. The molecule has 340 valence electrons. The maximum absolute atomic E-state index is 12.1. The summed E-state index contributed by atoms with van der Waals surface area (Å²) in [5, 5.41) is 12.7. The molecule has 3 N–H and O–H groups in total. The average Bonchev–Trinajstić information content (AvgIpc) is 3.21. The lowest BCUT2D eigenvalue weighted by Crippen LogP contribution is -2.27. The highest BCUT2D eigenvalue weighted by molar-refractivity contribution is 7.47. The van der Waals surface area contributed by atoms with E-state index in [1.54, 1.807) is 0 Å². The molecule has 0 aromatic rings. The fraction of sp³-hybridized carbons (Fsp3) is 0.833. The van der Waals surface area contributed by atoms with Crippen molar-refractivity contribution in [3.63, 3.8) is 0 Å². The molecule has 0 aliphatic carbocycles. The van der Waals surface area contributed by atoms with E-state index < -0.39 is 26.5 Å². The number of carbonyl (C=O) groups is 2. The highest BCUT2D eigenvalue weighted by atomic mass is 31.2. The van der Waals surface area contributed by atoms with Gasteiger partial charge in [-0.25, -0.2) is 4.57 Å². The molecule has 0 rings (SSSR count). The van der Waals surface area contributed by atoms with Crippen LogP contribution >= 0.6 is 7.82 Å². The predicted molar refractivity (Wildman–Crippen MR) is 243 cm³/mol. The van der Waals surface area contributed by atoms with Crippen molar-refractivity contribution in [2.24, 2.45) is 0 Å². The van der Waals surface area contributed by atoms with Crippen molar-refractivity contribution in [2.45, 2.75) is 232 Å². The number of rotatable bonds is 45. The van der Waals surface area contributed by atoms with Gasteiger partial charge in [0.2, 0.25) is 5.91 Å². The van der Waals surface area contributed by atoms with Crippen LogP contribution in [0.5, 0.6) is 0 Å². The first-order chi connectivity index (χ1) is 28.3. The number of carbonyl (C=O) groups excluding carboxylic acids is 2. The summed E-state index contributed by atoms with van der Waals surface area (Å²) in [5.41, 5.74) is 0. The van der Waals surface area contributed by atoms with Crippen LogP contribution < -0.4 is 5.32 Å². The van der Waals surface area contributed by atoms with Gasteiger partial charge in [-0.2, -0.15) is 0 Å². The zero-order valence-corrected chi connectivity index (χ0v) is 38.4. The maximum atomic E-state index is 12.1. The Morgan fingerprint density at radius 1 is 0.534 bits per heavy atom. The van der Waals surface area contributed by atoms with E-state index in [9.17, 15) is 24.2 Å². The number of phosphoric ester groups is 1. The average molecular weight is 840 g/mol. The Bertz CT molecular complexity index is 1050. The summed E-state index contributed by atoms with van der Waals surface area (Å²) in [4.78, 5) is 34.0. The molecule has 0 saturated carbocycles. The molecular weight excluding hydrogens is 750 g/mol. The molecule has 58 heavy (non-hydrogen) atoms. The van der Waals surface area contributed by atoms with Crippen LogP contribution in [0.3, 0.4) is 0 Å². The number of hydrogen-bond donors (Lipinski definition) is 3. The zero-order valence-electron chi connectivity index (χ0n) is 37.5. The van der Waals surface area contributed by atoms with Crippen molar-refractivity contribution >= 4 is 19.7 Å². The molecule has 0 bridgehead atoms. The Balaban J connectivity index is 3.57. The monoisotopic (exact) mass is 840 g/mol. The first-order valence-corrected chi connectivity index (χ1v) is 25.5. The summed E-state index contributed by atoms with van der Waals surface area (Å²) in [6.45, 7) is 3.54. The second-order valence-corrected chi connectivity index (χ2v) is 17.5. The van der Waals surface area contributed by atoms with Crippen molar-refractivity contribution in [3.05, 3.63) is 36.5 Å². The number of amides is 1. The number of ether oxygens (including phenoxy) is 1. The quantitative estimate of drug-likeness (QED) is 0.0239. The minimum Gasteiger partial charge on any atom is -0.463 e. The van der Waals surface area contributed by atoms with E-state index in [1.165, 1.54) is 141 Å². The number of aliphatic hydroxyl groups excluding tert-OH is 1. The predicted octanol–water partition coefficient (Wildman–Crippen LogP) is 13.7. The van der Waals surface area contributed by atoms with E-state index in [-0.39, 0.29) is 32.1 Å². The van der Waals surface area contributed by atoms with Gasteiger partial charge in [-0.3, -0.25) is 18.6 Å². The molecule has 0 spiro atoms. The van der Waals surface area contributed by atoms with Crippen LogP contribution in [0.25, 0.3) is 0 Å². The summed E-state index contributed by atoms with van der Waals surface area (Å²) in [5.74, 6) is -0.522. The molecule has 0 aliphatic rings. The Morgan fingerprint density at radius 3 is 1.43 bits per heavy atom. The van der Waals surface area contributed by atoms with E-state index in [1.807, 2.05) is 0 Å². The fourth-order valence-corrected chi connectivity index (χ4v) is 7.40. The third-order valence-corrected chi connectivity index (χ3v) is 11.3. The molecule has 0 fully saturated rings. The van der Waals surface area contributed by atoms with Gasteiger partial charge in [0, 0.05) is 19.4 Å². The van der Waals surface area contributed by atoms with Crippen LogP contribution in [0.2, 0.25) is 0 Å². The molecule has 0 heterocycles. The van der Waals surface area contributed by atoms with E-state index in [2.05, 4.69) is 55.6 Å². The number of phosphoric acid groups is 1. The normalized spacial score (nSPS) is 13.5. The Morgan fingerprint density at radius 2 is 0.931 bits per heavy atom. The number of esters is 1. The number of allylic oxidation sites excluding steroid dienone is 6.